The Labute approximate surface area is 128 Å². The summed E-state index contributed by atoms with van der Waals surface area (Å²) < 4.78 is 21.0. The molecule has 9 heteroatoms. The molecule has 0 unspecified atom stereocenters. The van der Waals surface area contributed by atoms with Gasteiger partial charge in [-0.3, -0.25) is 0 Å². The minimum Gasteiger partial charge on any atom is -0.394 e. The van der Waals surface area contributed by atoms with E-state index in [2.05, 4.69) is 12.2 Å². The molecule has 1 heterocycles. The molecule has 1 saturated heterocycles. The fraction of sp³-hybridized carbons (Fsp3) is 0.917. The van der Waals surface area contributed by atoms with Crippen LogP contribution in [0.3, 0.4) is 0 Å². The summed E-state index contributed by atoms with van der Waals surface area (Å²) in [6, 6.07) is -0.895. The molecule has 21 heavy (non-hydrogen) atoms. The molecular weight excluding hydrogens is 302 g/mol. The molecule has 0 aromatic heterocycles. The molecule has 0 aromatic rings. The van der Waals surface area contributed by atoms with Crippen LogP contribution in [0.25, 0.3) is 0 Å². The van der Waals surface area contributed by atoms with Crippen LogP contribution in [0.4, 0.5) is 0 Å². The zero-order chi connectivity index (χ0) is 15.7. The van der Waals surface area contributed by atoms with Crippen LogP contribution in [0.2, 0.25) is 0 Å². The van der Waals surface area contributed by atoms with Crippen molar-refractivity contribution in [3.8, 4) is 0 Å². The van der Waals surface area contributed by atoms with E-state index in [4.69, 9.17) is 29.8 Å². The fourth-order valence-corrected chi connectivity index (χ4v) is 1.92. The lowest BCUT2D eigenvalue weighted by Crippen LogP contribution is -2.62. The molecule has 8 nitrogen and oxygen atoms in total. The highest BCUT2D eigenvalue weighted by Gasteiger charge is 2.42. The molecule has 1 aliphatic heterocycles. The second-order valence-electron chi connectivity index (χ2n) is 4.51. The Hall–Kier alpha value is -0.230. The predicted octanol–water partition coefficient (Wildman–Crippen LogP) is -2.20. The van der Waals surface area contributed by atoms with Gasteiger partial charge in [-0.1, -0.05) is 12.2 Å². The molecule has 1 aliphatic rings. The fourth-order valence-electron chi connectivity index (χ4n) is 1.83. The van der Waals surface area contributed by atoms with Crippen molar-refractivity contribution in [1.29, 1.82) is 0 Å². The van der Waals surface area contributed by atoms with Gasteiger partial charge in [0.2, 0.25) is 0 Å². The Morgan fingerprint density at radius 1 is 1.10 bits per heavy atom. The second-order valence-corrected chi connectivity index (χ2v) is 4.84. The quantitative estimate of drug-likeness (QED) is 0.262. The summed E-state index contributed by atoms with van der Waals surface area (Å²) in [7, 11) is 0. The van der Waals surface area contributed by atoms with Gasteiger partial charge < -0.3 is 40.0 Å². The maximum absolute atomic E-state index is 9.74. The highest BCUT2D eigenvalue weighted by Crippen LogP contribution is 2.20. The molecule has 0 aromatic carbocycles. The van der Waals surface area contributed by atoms with E-state index in [0.29, 0.717) is 26.4 Å². The van der Waals surface area contributed by atoms with Crippen LogP contribution in [0.1, 0.15) is 0 Å². The largest absolute Gasteiger partial charge is 0.394 e. The molecule has 124 valence electrons. The molecular formula is C12H23NO7S. The van der Waals surface area contributed by atoms with Crippen LogP contribution < -0.4 is 5.73 Å². The Bertz CT molecular complexity index is 295. The first-order valence-corrected chi connectivity index (χ1v) is 7.17. The Balaban J connectivity index is 2.17. The summed E-state index contributed by atoms with van der Waals surface area (Å²) in [5, 5.41) is 29.9. The van der Waals surface area contributed by atoms with Crippen molar-refractivity contribution in [2.45, 2.75) is 30.6 Å². The number of thiocarbonyl (C=S) groups is 1. The minimum atomic E-state index is -1.24. The van der Waals surface area contributed by atoms with Gasteiger partial charge in [-0.25, -0.2) is 0 Å². The average Bonchev–Trinajstić information content (AvgIpc) is 2.49. The molecule has 0 radical (unpaired) electrons. The third kappa shape index (κ3) is 6.19. The van der Waals surface area contributed by atoms with Crippen molar-refractivity contribution in [1.82, 2.24) is 0 Å². The monoisotopic (exact) mass is 325 g/mol. The number of nitrogens with two attached hydrogens (primary N) is 1. The van der Waals surface area contributed by atoms with E-state index in [9.17, 15) is 10.2 Å². The summed E-state index contributed by atoms with van der Waals surface area (Å²) >= 11 is 4.60. The summed E-state index contributed by atoms with van der Waals surface area (Å²) in [5.41, 5.74) is 5.71. The molecule has 1 rings (SSSR count). The van der Waals surface area contributed by atoms with Crippen molar-refractivity contribution in [2.75, 3.05) is 39.6 Å². The van der Waals surface area contributed by atoms with Crippen LogP contribution in [0.5, 0.6) is 0 Å². The third-order valence-electron chi connectivity index (χ3n) is 3.00. The molecule has 0 saturated carbocycles. The van der Waals surface area contributed by atoms with Crippen LogP contribution in [0, 0.1) is 0 Å². The van der Waals surface area contributed by atoms with Crippen LogP contribution in [0.15, 0.2) is 0 Å². The number of rotatable bonds is 10. The Morgan fingerprint density at radius 3 is 2.43 bits per heavy atom. The van der Waals surface area contributed by atoms with Gasteiger partial charge in [0.15, 0.2) is 6.29 Å². The SMILES string of the molecule is N[C@H]1[C@@H](OCCOCCOCC=S)O[C@H](CO)[C@H](O)[C@@H]1O. The van der Waals surface area contributed by atoms with Gasteiger partial charge in [0.05, 0.1) is 45.7 Å². The van der Waals surface area contributed by atoms with Gasteiger partial charge in [0.1, 0.15) is 18.3 Å². The van der Waals surface area contributed by atoms with E-state index < -0.39 is 37.3 Å². The maximum atomic E-state index is 9.74. The number of aliphatic hydroxyl groups is 3. The molecule has 5 atom stereocenters. The average molecular weight is 325 g/mol. The van der Waals surface area contributed by atoms with Crippen molar-refractivity contribution >= 4 is 17.6 Å². The van der Waals surface area contributed by atoms with Crippen LogP contribution in [-0.2, 0) is 18.9 Å². The van der Waals surface area contributed by atoms with Crippen molar-refractivity contribution in [2.24, 2.45) is 5.73 Å². The lowest BCUT2D eigenvalue weighted by atomic mass is 9.98. The van der Waals surface area contributed by atoms with E-state index in [1.165, 1.54) is 5.37 Å². The molecule has 0 bridgehead atoms. The van der Waals surface area contributed by atoms with E-state index in [1.54, 1.807) is 0 Å². The maximum Gasteiger partial charge on any atom is 0.175 e. The van der Waals surface area contributed by atoms with E-state index in [-0.39, 0.29) is 6.61 Å². The highest BCUT2D eigenvalue weighted by atomic mass is 32.1. The lowest BCUT2D eigenvalue weighted by Gasteiger charge is -2.40. The van der Waals surface area contributed by atoms with Crippen LogP contribution >= 0.6 is 12.2 Å². The van der Waals surface area contributed by atoms with E-state index >= 15 is 0 Å². The number of hydrogen-bond acceptors (Lipinski definition) is 9. The lowest BCUT2D eigenvalue weighted by molar-refractivity contribution is -0.267. The zero-order valence-electron chi connectivity index (χ0n) is 11.7. The summed E-state index contributed by atoms with van der Waals surface area (Å²) in [6.07, 6.45) is -4.28. The first-order valence-electron chi connectivity index (χ1n) is 6.70. The van der Waals surface area contributed by atoms with Crippen molar-refractivity contribution in [3.05, 3.63) is 0 Å². The number of aliphatic hydroxyl groups excluding tert-OH is 3. The van der Waals surface area contributed by atoms with Gasteiger partial charge in [0, 0.05) is 5.37 Å². The topological polar surface area (TPSA) is 124 Å². The molecule has 0 spiro atoms. The Morgan fingerprint density at radius 2 is 1.76 bits per heavy atom. The zero-order valence-corrected chi connectivity index (χ0v) is 12.5. The second kappa shape index (κ2) is 10.5. The third-order valence-corrected chi connectivity index (χ3v) is 3.13. The first kappa shape index (κ1) is 18.8. The number of ether oxygens (including phenoxy) is 4. The van der Waals surface area contributed by atoms with Gasteiger partial charge in [-0.15, -0.1) is 0 Å². The predicted molar refractivity (Wildman–Crippen MR) is 77.0 cm³/mol. The van der Waals surface area contributed by atoms with E-state index in [1.807, 2.05) is 0 Å². The summed E-state index contributed by atoms with van der Waals surface area (Å²) in [6.45, 7) is 1.32. The van der Waals surface area contributed by atoms with E-state index in [0.717, 1.165) is 0 Å². The van der Waals surface area contributed by atoms with Crippen molar-refractivity contribution in [3.63, 3.8) is 0 Å². The summed E-state index contributed by atoms with van der Waals surface area (Å²) in [4.78, 5) is 0. The molecule has 0 amide bonds. The molecule has 1 fully saturated rings. The smallest absolute Gasteiger partial charge is 0.175 e. The summed E-state index contributed by atoms with van der Waals surface area (Å²) in [5.74, 6) is 0. The first-order chi connectivity index (χ1) is 10.1. The molecule has 5 N–H and O–H groups in total. The number of hydrogen-bond donors (Lipinski definition) is 4. The van der Waals surface area contributed by atoms with Crippen molar-refractivity contribution < 1.29 is 34.3 Å². The molecule has 0 aliphatic carbocycles. The van der Waals surface area contributed by atoms with Gasteiger partial charge >= 0.3 is 0 Å². The minimum absolute atomic E-state index is 0.201. The Kier molecular flexibility index (Phi) is 9.40. The van der Waals surface area contributed by atoms with Crippen LogP contribution in [-0.4, -0.2) is 91.0 Å². The van der Waals surface area contributed by atoms with Gasteiger partial charge in [-0.05, 0) is 0 Å². The van der Waals surface area contributed by atoms with Gasteiger partial charge in [0.25, 0.3) is 0 Å². The van der Waals surface area contributed by atoms with Gasteiger partial charge in [-0.2, -0.15) is 0 Å². The normalized spacial score (nSPS) is 33.0. The standard InChI is InChI=1S/C12H23NO7S/c13-9-11(16)10(15)8(7-14)20-12(9)19-4-3-17-1-2-18-5-6-21/h6,8-12,14-16H,1-5,7,13H2/t8-,9-,10+,11-,12+/m1/s1. The highest BCUT2D eigenvalue weighted by molar-refractivity contribution is 7.79.